The summed E-state index contributed by atoms with van der Waals surface area (Å²) in [6, 6.07) is 22.3. The second-order valence-electron chi connectivity index (χ2n) is 6.59. The lowest BCUT2D eigenvalue weighted by atomic mass is 9.97. The predicted molar refractivity (Wildman–Crippen MR) is 103 cm³/mol. The van der Waals surface area contributed by atoms with E-state index >= 15 is 0 Å². The highest BCUT2D eigenvalue weighted by Gasteiger charge is 2.13. The molecule has 0 saturated carbocycles. The van der Waals surface area contributed by atoms with Crippen LogP contribution in [0.15, 0.2) is 60.7 Å². The van der Waals surface area contributed by atoms with Crippen molar-refractivity contribution < 1.29 is 0 Å². The van der Waals surface area contributed by atoms with Gasteiger partial charge in [0.2, 0.25) is 0 Å². The lowest BCUT2D eigenvalue weighted by Crippen LogP contribution is -2.00. The number of nitrogens with two attached hydrogens (primary N) is 1. The van der Waals surface area contributed by atoms with E-state index in [9.17, 15) is 5.26 Å². The van der Waals surface area contributed by atoms with Gasteiger partial charge in [0.15, 0.2) is 0 Å². The largest absolute Gasteiger partial charge is 0.383 e. The molecular weight excluding hydrogens is 306 g/mol. The zero-order valence-electron chi connectivity index (χ0n) is 14.5. The Kier molecular flexibility index (Phi) is 4.81. The molecule has 3 rings (SSSR count). The number of aromatic nitrogens is 1. The van der Waals surface area contributed by atoms with E-state index in [2.05, 4.69) is 49.2 Å². The highest BCUT2D eigenvalue weighted by Crippen LogP contribution is 2.31. The van der Waals surface area contributed by atoms with Crippen LogP contribution in [0.4, 0.5) is 5.82 Å². The summed E-state index contributed by atoms with van der Waals surface area (Å²) >= 11 is 0. The van der Waals surface area contributed by atoms with Crippen molar-refractivity contribution in [3.8, 4) is 28.5 Å². The average molecular weight is 327 g/mol. The van der Waals surface area contributed by atoms with Gasteiger partial charge in [0.1, 0.15) is 17.5 Å². The molecular formula is C22H21N3. The summed E-state index contributed by atoms with van der Waals surface area (Å²) in [6.07, 6.45) is 1.05. The Morgan fingerprint density at radius 3 is 2.28 bits per heavy atom. The van der Waals surface area contributed by atoms with Gasteiger partial charge in [0.25, 0.3) is 0 Å². The molecule has 0 atom stereocenters. The van der Waals surface area contributed by atoms with Crippen LogP contribution in [-0.2, 0) is 6.42 Å². The van der Waals surface area contributed by atoms with Gasteiger partial charge >= 0.3 is 0 Å². The first-order valence-electron chi connectivity index (χ1n) is 8.44. The minimum Gasteiger partial charge on any atom is -0.383 e. The Morgan fingerprint density at radius 1 is 1.00 bits per heavy atom. The molecule has 1 aromatic heterocycles. The van der Waals surface area contributed by atoms with E-state index in [-0.39, 0.29) is 5.82 Å². The maximum absolute atomic E-state index is 9.47. The van der Waals surface area contributed by atoms with Crippen LogP contribution in [0, 0.1) is 17.2 Å². The van der Waals surface area contributed by atoms with Crippen molar-refractivity contribution in [2.24, 2.45) is 5.92 Å². The van der Waals surface area contributed by atoms with Crippen molar-refractivity contribution in [1.82, 2.24) is 4.98 Å². The average Bonchev–Trinajstić information content (AvgIpc) is 2.62. The van der Waals surface area contributed by atoms with E-state index in [4.69, 9.17) is 5.73 Å². The summed E-state index contributed by atoms with van der Waals surface area (Å²) in [4.78, 5) is 4.45. The number of pyridine rings is 1. The van der Waals surface area contributed by atoms with E-state index in [0.717, 1.165) is 28.8 Å². The fraction of sp³-hybridized carbons (Fsp3) is 0.182. The molecule has 2 N–H and O–H groups in total. The van der Waals surface area contributed by atoms with Crippen LogP contribution >= 0.6 is 0 Å². The van der Waals surface area contributed by atoms with E-state index in [1.807, 2.05) is 36.4 Å². The second-order valence-corrected chi connectivity index (χ2v) is 6.59. The van der Waals surface area contributed by atoms with Gasteiger partial charge in [-0.15, -0.1) is 0 Å². The maximum atomic E-state index is 9.47. The minimum absolute atomic E-state index is 0.269. The van der Waals surface area contributed by atoms with Crippen LogP contribution in [0.1, 0.15) is 25.0 Å². The van der Waals surface area contributed by atoms with Gasteiger partial charge in [-0.3, -0.25) is 0 Å². The number of benzene rings is 2. The van der Waals surface area contributed by atoms with E-state index in [0.29, 0.717) is 11.5 Å². The third-order valence-corrected chi connectivity index (χ3v) is 4.14. The van der Waals surface area contributed by atoms with Crippen LogP contribution in [0.2, 0.25) is 0 Å². The van der Waals surface area contributed by atoms with Crippen LogP contribution < -0.4 is 5.73 Å². The molecule has 3 heteroatoms. The Bertz CT molecular complexity index is 904. The Morgan fingerprint density at radius 2 is 1.68 bits per heavy atom. The third-order valence-electron chi connectivity index (χ3n) is 4.14. The fourth-order valence-corrected chi connectivity index (χ4v) is 2.96. The van der Waals surface area contributed by atoms with Crippen LogP contribution in [0.25, 0.3) is 22.4 Å². The van der Waals surface area contributed by atoms with E-state index < -0.39 is 0 Å². The standard InChI is InChI=1S/C22H21N3/c1-15(2)12-16-8-10-18(11-9-16)21-13-19(17-6-4-3-5-7-17)20(14-23)22(24)25-21/h3-11,13,15H,12H2,1-2H3,(H2,24,25). The topological polar surface area (TPSA) is 62.7 Å². The zero-order valence-corrected chi connectivity index (χ0v) is 14.5. The summed E-state index contributed by atoms with van der Waals surface area (Å²) in [7, 11) is 0. The number of rotatable bonds is 4. The number of hydrogen-bond donors (Lipinski definition) is 1. The molecule has 25 heavy (non-hydrogen) atoms. The first-order valence-corrected chi connectivity index (χ1v) is 8.44. The molecule has 0 amide bonds. The predicted octanol–water partition coefficient (Wildman–Crippen LogP) is 5.07. The van der Waals surface area contributed by atoms with Gasteiger partial charge in [0, 0.05) is 11.1 Å². The van der Waals surface area contributed by atoms with Crippen molar-refractivity contribution in [2.75, 3.05) is 5.73 Å². The van der Waals surface area contributed by atoms with E-state index in [1.54, 1.807) is 0 Å². The number of nitriles is 1. The summed E-state index contributed by atoms with van der Waals surface area (Å²) in [6.45, 7) is 4.42. The van der Waals surface area contributed by atoms with Gasteiger partial charge in [-0.05, 0) is 29.5 Å². The van der Waals surface area contributed by atoms with E-state index in [1.165, 1.54) is 5.56 Å². The van der Waals surface area contributed by atoms with Gasteiger partial charge in [-0.25, -0.2) is 4.98 Å². The number of hydrogen-bond acceptors (Lipinski definition) is 3. The van der Waals surface area contributed by atoms with Gasteiger partial charge < -0.3 is 5.73 Å². The molecule has 3 aromatic rings. The Labute approximate surface area is 148 Å². The van der Waals surface area contributed by atoms with Gasteiger partial charge in [-0.1, -0.05) is 68.4 Å². The smallest absolute Gasteiger partial charge is 0.142 e. The second kappa shape index (κ2) is 7.19. The minimum atomic E-state index is 0.269. The van der Waals surface area contributed by atoms with Crippen molar-refractivity contribution in [3.05, 3.63) is 71.8 Å². The zero-order chi connectivity index (χ0) is 17.8. The SMILES string of the molecule is CC(C)Cc1ccc(-c2cc(-c3ccccc3)c(C#N)c(N)n2)cc1. The highest BCUT2D eigenvalue weighted by atomic mass is 14.8. The molecule has 0 saturated heterocycles. The summed E-state index contributed by atoms with van der Waals surface area (Å²) in [5.41, 5.74) is 11.4. The lowest BCUT2D eigenvalue weighted by Gasteiger charge is -2.11. The Balaban J connectivity index is 2.06. The monoisotopic (exact) mass is 327 g/mol. The quantitative estimate of drug-likeness (QED) is 0.728. The maximum Gasteiger partial charge on any atom is 0.142 e. The fourth-order valence-electron chi connectivity index (χ4n) is 2.96. The molecule has 3 nitrogen and oxygen atoms in total. The molecule has 124 valence electrons. The molecule has 0 spiro atoms. The first-order chi connectivity index (χ1) is 12.1. The first kappa shape index (κ1) is 16.7. The normalized spacial score (nSPS) is 10.6. The van der Waals surface area contributed by atoms with Crippen molar-refractivity contribution in [3.63, 3.8) is 0 Å². The molecule has 0 aliphatic heterocycles. The van der Waals surface area contributed by atoms with Crippen LogP contribution in [-0.4, -0.2) is 4.98 Å². The number of nitrogen functional groups attached to an aromatic ring is 1. The number of anilines is 1. The van der Waals surface area contributed by atoms with Crippen molar-refractivity contribution in [2.45, 2.75) is 20.3 Å². The molecule has 2 aromatic carbocycles. The summed E-state index contributed by atoms with van der Waals surface area (Å²) in [5.74, 6) is 0.893. The Hall–Kier alpha value is -3.12. The molecule has 0 aliphatic carbocycles. The van der Waals surface area contributed by atoms with Crippen molar-refractivity contribution >= 4 is 5.82 Å². The molecule has 1 heterocycles. The summed E-state index contributed by atoms with van der Waals surface area (Å²) < 4.78 is 0. The number of nitrogens with zero attached hydrogens (tertiary/aromatic N) is 2. The molecule has 0 unspecified atom stereocenters. The van der Waals surface area contributed by atoms with Crippen molar-refractivity contribution in [1.29, 1.82) is 5.26 Å². The van der Waals surface area contributed by atoms with Gasteiger partial charge in [-0.2, -0.15) is 5.26 Å². The van der Waals surface area contributed by atoms with Gasteiger partial charge in [0.05, 0.1) is 5.69 Å². The van der Waals surface area contributed by atoms with Crippen LogP contribution in [0.3, 0.4) is 0 Å². The highest BCUT2D eigenvalue weighted by molar-refractivity contribution is 5.80. The third kappa shape index (κ3) is 3.70. The molecule has 0 aliphatic rings. The summed E-state index contributed by atoms with van der Waals surface area (Å²) in [5, 5.41) is 9.47. The molecule has 0 bridgehead atoms. The molecule has 0 radical (unpaired) electrons. The lowest BCUT2D eigenvalue weighted by molar-refractivity contribution is 0.647. The van der Waals surface area contributed by atoms with Crippen LogP contribution in [0.5, 0.6) is 0 Å². The molecule has 0 fully saturated rings.